The maximum atomic E-state index is 13.2. The lowest BCUT2D eigenvalue weighted by atomic mass is 10.2. The zero-order valence-electron chi connectivity index (χ0n) is 13.3. The first-order valence-corrected chi connectivity index (χ1v) is 9.29. The normalized spacial score (nSPS) is 16.7. The SMILES string of the molecule is Cc1nn(C)c(Cl)c1S(=O)(=O)N(C1CC1)C(C)c1ccccn1. The van der Waals surface area contributed by atoms with Gasteiger partial charge in [-0.2, -0.15) is 9.40 Å². The highest BCUT2D eigenvalue weighted by Crippen LogP contribution is 2.40. The van der Waals surface area contributed by atoms with Crippen molar-refractivity contribution < 1.29 is 8.42 Å². The summed E-state index contributed by atoms with van der Waals surface area (Å²) in [6, 6.07) is 5.15. The number of hydrogen-bond donors (Lipinski definition) is 0. The molecule has 6 nitrogen and oxygen atoms in total. The van der Waals surface area contributed by atoms with E-state index in [0.29, 0.717) is 5.69 Å². The maximum absolute atomic E-state index is 13.2. The third-order valence-corrected chi connectivity index (χ3v) is 6.76. The lowest BCUT2D eigenvalue weighted by Gasteiger charge is -2.28. The Morgan fingerprint density at radius 1 is 1.39 bits per heavy atom. The first-order chi connectivity index (χ1) is 10.8. The lowest BCUT2D eigenvalue weighted by molar-refractivity contribution is 0.328. The molecule has 0 amide bonds. The first-order valence-electron chi connectivity index (χ1n) is 7.47. The van der Waals surface area contributed by atoms with Crippen molar-refractivity contribution >= 4 is 21.6 Å². The standard InChI is InChI=1S/C15H19ClN4O2S/c1-10-14(15(16)19(3)18-10)23(21,22)20(12-7-8-12)11(2)13-6-4-5-9-17-13/h4-6,9,11-12H,7-8H2,1-3H3. The van der Waals surface area contributed by atoms with Crippen molar-refractivity contribution in [1.82, 2.24) is 19.1 Å². The monoisotopic (exact) mass is 354 g/mol. The Hall–Kier alpha value is -1.44. The Balaban J connectivity index is 2.07. The topological polar surface area (TPSA) is 68.1 Å². The minimum absolute atomic E-state index is 0.00678. The smallest absolute Gasteiger partial charge is 0.248 e. The van der Waals surface area contributed by atoms with Crippen LogP contribution in [0.3, 0.4) is 0 Å². The van der Waals surface area contributed by atoms with Crippen LogP contribution in [-0.4, -0.2) is 33.5 Å². The predicted molar refractivity (Wildman–Crippen MR) is 87.7 cm³/mol. The molecule has 1 aliphatic carbocycles. The van der Waals surface area contributed by atoms with Crippen LogP contribution in [-0.2, 0) is 17.1 Å². The molecule has 1 saturated carbocycles. The van der Waals surface area contributed by atoms with Gasteiger partial charge in [0.1, 0.15) is 10.0 Å². The summed E-state index contributed by atoms with van der Waals surface area (Å²) in [5.41, 5.74) is 1.14. The molecule has 8 heteroatoms. The van der Waals surface area contributed by atoms with Gasteiger partial charge in [-0.05, 0) is 38.8 Å². The number of sulfonamides is 1. The Kier molecular flexibility index (Phi) is 4.20. The van der Waals surface area contributed by atoms with Gasteiger partial charge < -0.3 is 0 Å². The molecular formula is C15H19ClN4O2S. The van der Waals surface area contributed by atoms with Gasteiger partial charge in [-0.1, -0.05) is 17.7 Å². The summed E-state index contributed by atoms with van der Waals surface area (Å²) in [6.45, 7) is 3.52. The van der Waals surface area contributed by atoms with Crippen molar-refractivity contribution in [2.45, 2.75) is 43.7 Å². The van der Waals surface area contributed by atoms with Crippen molar-refractivity contribution in [3.05, 3.63) is 40.9 Å². The van der Waals surface area contributed by atoms with Crippen molar-refractivity contribution in [3.63, 3.8) is 0 Å². The maximum Gasteiger partial charge on any atom is 0.248 e. The van der Waals surface area contributed by atoms with Gasteiger partial charge in [0.25, 0.3) is 0 Å². The number of aryl methyl sites for hydroxylation is 2. The molecule has 2 aromatic heterocycles. The molecule has 0 aliphatic heterocycles. The Morgan fingerprint density at radius 3 is 2.57 bits per heavy atom. The number of hydrogen-bond acceptors (Lipinski definition) is 4. The lowest BCUT2D eigenvalue weighted by Crippen LogP contribution is -2.36. The number of nitrogens with zero attached hydrogens (tertiary/aromatic N) is 4. The van der Waals surface area contributed by atoms with Crippen molar-refractivity contribution in [2.24, 2.45) is 7.05 Å². The van der Waals surface area contributed by atoms with E-state index in [2.05, 4.69) is 10.1 Å². The average molecular weight is 355 g/mol. The van der Waals surface area contributed by atoms with Crippen LogP contribution < -0.4 is 0 Å². The summed E-state index contributed by atoms with van der Waals surface area (Å²) in [7, 11) is -2.11. The van der Waals surface area contributed by atoms with E-state index in [1.165, 1.54) is 8.99 Å². The molecule has 1 fully saturated rings. The zero-order chi connectivity index (χ0) is 16.8. The fourth-order valence-electron chi connectivity index (χ4n) is 2.81. The van der Waals surface area contributed by atoms with Gasteiger partial charge >= 0.3 is 0 Å². The fraction of sp³-hybridized carbons (Fsp3) is 0.467. The fourth-order valence-corrected chi connectivity index (χ4v) is 5.38. The predicted octanol–water partition coefficient (Wildman–Crippen LogP) is 2.69. The van der Waals surface area contributed by atoms with Gasteiger partial charge in [0.15, 0.2) is 0 Å². The summed E-state index contributed by atoms with van der Waals surface area (Å²) in [5.74, 6) is 0. The van der Waals surface area contributed by atoms with E-state index in [9.17, 15) is 8.42 Å². The molecular weight excluding hydrogens is 336 g/mol. The summed E-state index contributed by atoms with van der Waals surface area (Å²) < 4.78 is 29.4. The highest BCUT2D eigenvalue weighted by Gasteiger charge is 2.44. The van der Waals surface area contributed by atoms with Gasteiger partial charge in [0.2, 0.25) is 10.0 Å². The van der Waals surface area contributed by atoms with Crippen molar-refractivity contribution in [1.29, 1.82) is 0 Å². The van der Waals surface area contributed by atoms with E-state index in [4.69, 9.17) is 11.6 Å². The number of rotatable bonds is 5. The Labute approximate surface area is 141 Å². The van der Waals surface area contributed by atoms with Crippen LogP contribution in [0.25, 0.3) is 0 Å². The second kappa shape index (κ2) is 5.89. The molecule has 2 aromatic rings. The summed E-state index contributed by atoms with van der Waals surface area (Å²) in [4.78, 5) is 4.40. The van der Waals surface area contributed by atoms with Crippen molar-refractivity contribution in [2.75, 3.05) is 0 Å². The second-order valence-electron chi connectivity index (χ2n) is 5.83. The molecule has 0 radical (unpaired) electrons. The van der Waals surface area contributed by atoms with Crippen LogP contribution >= 0.6 is 11.6 Å². The number of pyridine rings is 1. The molecule has 3 rings (SSSR count). The summed E-state index contributed by atoms with van der Waals surface area (Å²) in [6.07, 6.45) is 3.38. The third-order valence-electron chi connectivity index (χ3n) is 4.04. The molecule has 0 spiro atoms. The van der Waals surface area contributed by atoms with Crippen molar-refractivity contribution in [3.8, 4) is 0 Å². The highest BCUT2D eigenvalue weighted by atomic mass is 35.5. The summed E-state index contributed by atoms with van der Waals surface area (Å²) in [5, 5.41) is 4.27. The van der Waals surface area contributed by atoms with Gasteiger partial charge in [0.05, 0.1) is 17.4 Å². The minimum atomic E-state index is -3.75. The van der Waals surface area contributed by atoms with E-state index in [1.807, 2.05) is 25.1 Å². The number of halogens is 1. The van der Waals surface area contributed by atoms with E-state index in [1.54, 1.807) is 20.2 Å². The van der Waals surface area contributed by atoms with Gasteiger partial charge in [-0.15, -0.1) is 0 Å². The second-order valence-corrected chi connectivity index (χ2v) is 7.96. The molecule has 2 heterocycles. The molecule has 0 N–H and O–H groups in total. The quantitative estimate of drug-likeness (QED) is 0.827. The molecule has 0 aromatic carbocycles. The first kappa shape index (κ1) is 16.4. The van der Waals surface area contributed by atoms with Gasteiger partial charge in [0, 0.05) is 19.3 Å². The summed E-state index contributed by atoms with van der Waals surface area (Å²) >= 11 is 6.20. The Morgan fingerprint density at radius 2 is 2.09 bits per heavy atom. The zero-order valence-corrected chi connectivity index (χ0v) is 14.8. The van der Waals surface area contributed by atoms with Crippen LogP contribution in [0.4, 0.5) is 0 Å². The van der Waals surface area contributed by atoms with Crippen LogP contribution in [0.15, 0.2) is 29.3 Å². The molecule has 1 aliphatic rings. The highest BCUT2D eigenvalue weighted by molar-refractivity contribution is 7.89. The molecule has 23 heavy (non-hydrogen) atoms. The van der Waals surface area contributed by atoms with Crippen LogP contribution in [0.2, 0.25) is 5.15 Å². The van der Waals surface area contributed by atoms with Crippen LogP contribution in [0.1, 0.15) is 37.2 Å². The molecule has 0 bridgehead atoms. The molecule has 124 valence electrons. The van der Waals surface area contributed by atoms with E-state index >= 15 is 0 Å². The van der Waals surface area contributed by atoms with Gasteiger partial charge in [-0.3, -0.25) is 9.67 Å². The number of aromatic nitrogens is 3. The van der Waals surface area contributed by atoms with Gasteiger partial charge in [-0.25, -0.2) is 8.42 Å². The average Bonchev–Trinajstić information content (AvgIpc) is 3.27. The van der Waals surface area contributed by atoms with Crippen LogP contribution in [0, 0.1) is 6.92 Å². The van der Waals surface area contributed by atoms with Crippen LogP contribution in [0.5, 0.6) is 0 Å². The minimum Gasteiger partial charge on any atom is -0.260 e. The molecule has 1 atom stereocenters. The Bertz CT molecular complexity index is 816. The third kappa shape index (κ3) is 2.88. The molecule has 1 unspecified atom stereocenters. The van der Waals surface area contributed by atoms with E-state index in [0.717, 1.165) is 18.5 Å². The van der Waals surface area contributed by atoms with E-state index < -0.39 is 10.0 Å². The largest absolute Gasteiger partial charge is 0.260 e. The van der Waals surface area contributed by atoms with E-state index in [-0.39, 0.29) is 22.1 Å². The molecule has 0 saturated heterocycles.